The van der Waals surface area contributed by atoms with Crippen molar-refractivity contribution >= 4 is 5.97 Å². The lowest BCUT2D eigenvalue weighted by molar-refractivity contribution is -0.143. The second-order valence-electron chi connectivity index (χ2n) is 7.32. The Kier molecular flexibility index (Phi) is 5.24. The first-order chi connectivity index (χ1) is 12.0. The molecule has 25 heavy (non-hydrogen) atoms. The first kappa shape index (κ1) is 17.7. The number of aliphatic carboxylic acids is 1. The van der Waals surface area contributed by atoms with Gasteiger partial charge >= 0.3 is 5.97 Å². The molecule has 2 aromatic carbocycles. The van der Waals surface area contributed by atoms with Crippen LogP contribution in [0.2, 0.25) is 0 Å². The Labute approximate surface area is 150 Å². The summed E-state index contributed by atoms with van der Waals surface area (Å²) in [6.07, 6.45) is 1.45. The highest BCUT2D eigenvalue weighted by Gasteiger charge is 2.30. The molecule has 1 aliphatic heterocycles. The van der Waals surface area contributed by atoms with Crippen molar-refractivity contribution < 1.29 is 9.90 Å². The second kappa shape index (κ2) is 7.40. The number of carboxylic acids is 1. The summed E-state index contributed by atoms with van der Waals surface area (Å²) in [4.78, 5) is 13.7. The summed E-state index contributed by atoms with van der Waals surface area (Å²) in [5.41, 5.74) is 6.43. The monoisotopic (exact) mass is 337 g/mol. The topological polar surface area (TPSA) is 40.5 Å². The fourth-order valence-electron chi connectivity index (χ4n) is 3.87. The van der Waals surface area contributed by atoms with Crippen LogP contribution in [0, 0.1) is 26.7 Å². The average molecular weight is 337 g/mol. The summed E-state index contributed by atoms with van der Waals surface area (Å²) in [5, 5.41) is 9.28. The van der Waals surface area contributed by atoms with Gasteiger partial charge in [0.15, 0.2) is 0 Å². The lowest BCUT2D eigenvalue weighted by Crippen LogP contribution is -2.39. The summed E-state index contributed by atoms with van der Waals surface area (Å²) in [5.74, 6) is -0.855. The van der Waals surface area contributed by atoms with Crippen molar-refractivity contribution in [2.75, 3.05) is 13.1 Å². The molecule has 1 heterocycles. The van der Waals surface area contributed by atoms with Gasteiger partial charge in [0.1, 0.15) is 0 Å². The maximum absolute atomic E-state index is 11.3. The SMILES string of the molecule is Cc1ccc(C(c2ccc(C)cc2C)N2CCC(C(=O)O)CC2)cc1. The Bertz CT molecular complexity index is 743. The smallest absolute Gasteiger partial charge is 0.306 e. The number of aryl methyl sites for hydroxylation is 3. The maximum atomic E-state index is 11.3. The van der Waals surface area contributed by atoms with E-state index in [1.807, 2.05) is 0 Å². The van der Waals surface area contributed by atoms with Crippen molar-refractivity contribution in [1.82, 2.24) is 4.90 Å². The highest BCUT2D eigenvalue weighted by molar-refractivity contribution is 5.70. The molecule has 2 aromatic rings. The minimum Gasteiger partial charge on any atom is -0.481 e. The van der Waals surface area contributed by atoms with E-state index in [0.29, 0.717) is 0 Å². The molecule has 1 fully saturated rings. The van der Waals surface area contributed by atoms with Gasteiger partial charge in [-0.05, 0) is 63.4 Å². The van der Waals surface area contributed by atoms with Crippen LogP contribution in [0.4, 0.5) is 0 Å². The predicted octanol–water partition coefficient (Wildman–Crippen LogP) is 4.50. The van der Waals surface area contributed by atoms with Crippen LogP contribution in [0.3, 0.4) is 0 Å². The van der Waals surface area contributed by atoms with E-state index in [0.717, 1.165) is 25.9 Å². The van der Waals surface area contributed by atoms with Gasteiger partial charge in [0.2, 0.25) is 0 Å². The largest absolute Gasteiger partial charge is 0.481 e. The molecule has 3 rings (SSSR count). The summed E-state index contributed by atoms with van der Waals surface area (Å²) < 4.78 is 0. The molecule has 0 bridgehead atoms. The van der Waals surface area contributed by atoms with Crippen LogP contribution in [0.15, 0.2) is 42.5 Å². The van der Waals surface area contributed by atoms with Gasteiger partial charge < -0.3 is 5.11 Å². The third-order valence-electron chi connectivity index (χ3n) is 5.36. The number of hydrogen-bond acceptors (Lipinski definition) is 2. The lowest BCUT2D eigenvalue weighted by Gasteiger charge is -2.37. The van der Waals surface area contributed by atoms with Crippen molar-refractivity contribution in [1.29, 1.82) is 0 Å². The molecule has 3 nitrogen and oxygen atoms in total. The standard InChI is InChI=1S/C22H27NO2/c1-15-4-7-18(8-5-15)21(20-9-6-16(2)14-17(20)3)23-12-10-19(11-13-23)22(24)25/h4-9,14,19,21H,10-13H2,1-3H3,(H,24,25). The van der Waals surface area contributed by atoms with Gasteiger partial charge in [-0.25, -0.2) is 0 Å². The number of piperidine rings is 1. The van der Waals surface area contributed by atoms with Gasteiger partial charge in [-0.3, -0.25) is 9.69 Å². The van der Waals surface area contributed by atoms with Gasteiger partial charge in [0.25, 0.3) is 0 Å². The highest BCUT2D eigenvalue weighted by Crippen LogP contribution is 2.34. The van der Waals surface area contributed by atoms with E-state index in [2.05, 4.69) is 68.1 Å². The van der Waals surface area contributed by atoms with Crippen LogP contribution in [0.5, 0.6) is 0 Å². The molecule has 1 aliphatic rings. The molecule has 132 valence electrons. The van der Waals surface area contributed by atoms with E-state index in [4.69, 9.17) is 0 Å². The zero-order valence-electron chi connectivity index (χ0n) is 15.3. The summed E-state index contributed by atoms with van der Waals surface area (Å²) in [6, 6.07) is 15.6. The number of hydrogen-bond donors (Lipinski definition) is 1. The molecular weight excluding hydrogens is 310 g/mol. The van der Waals surface area contributed by atoms with Crippen molar-refractivity contribution in [3.8, 4) is 0 Å². The molecule has 0 spiro atoms. The van der Waals surface area contributed by atoms with Gasteiger partial charge in [-0.15, -0.1) is 0 Å². The molecule has 0 saturated carbocycles. The number of likely N-dealkylation sites (tertiary alicyclic amines) is 1. The Morgan fingerprint density at radius 2 is 1.60 bits per heavy atom. The molecule has 0 amide bonds. The van der Waals surface area contributed by atoms with Crippen molar-refractivity contribution in [2.24, 2.45) is 5.92 Å². The molecule has 1 atom stereocenters. The number of carbonyl (C=O) groups is 1. The van der Waals surface area contributed by atoms with Crippen LogP contribution in [-0.2, 0) is 4.79 Å². The quantitative estimate of drug-likeness (QED) is 0.893. The van der Waals surface area contributed by atoms with E-state index in [1.54, 1.807) is 0 Å². The van der Waals surface area contributed by atoms with E-state index in [-0.39, 0.29) is 12.0 Å². The molecule has 1 N–H and O–H groups in total. The van der Waals surface area contributed by atoms with Gasteiger partial charge in [-0.2, -0.15) is 0 Å². The number of nitrogens with zero attached hydrogens (tertiary/aromatic N) is 1. The Morgan fingerprint density at radius 3 is 2.16 bits per heavy atom. The van der Waals surface area contributed by atoms with Gasteiger partial charge in [0.05, 0.1) is 12.0 Å². The average Bonchev–Trinajstić information content (AvgIpc) is 2.59. The molecule has 0 radical (unpaired) electrons. The van der Waals surface area contributed by atoms with Gasteiger partial charge in [0, 0.05) is 0 Å². The van der Waals surface area contributed by atoms with Crippen LogP contribution < -0.4 is 0 Å². The fourth-order valence-corrected chi connectivity index (χ4v) is 3.87. The normalized spacial score (nSPS) is 17.4. The van der Waals surface area contributed by atoms with Gasteiger partial charge in [-0.1, -0.05) is 53.6 Å². The van der Waals surface area contributed by atoms with Crippen molar-refractivity contribution in [2.45, 2.75) is 39.7 Å². The van der Waals surface area contributed by atoms with E-state index in [1.165, 1.54) is 27.8 Å². The van der Waals surface area contributed by atoms with Crippen LogP contribution in [0.25, 0.3) is 0 Å². The number of benzene rings is 2. The van der Waals surface area contributed by atoms with E-state index in [9.17, 15) is 9.90 Å². The minimum atomic E-state index is -0.655. The number of carboxylic acid groups (broad SMARTS) is 1. The third kappa shape index (κ3) is 3.93. The minimum absolute atomic E-state index is 0.191. The first-order valence-electron chi connectivity index (χ1n) is 9.06. The van der Waals surface area contributed by atoms with Crippen LogP contribution in [0.1, 0.15) is 46.7 Å². The fraction of sp³-hybridized carbons (Fsp3) is 0.409. The van der Waals surface area contributed by atoms with Crippen LogP contribution in [-0.4, -0.2) is 29.1 Å². The van der Waals surface area contributed by atoms with Crippen molar-refractivity contribution in [3.63, 3.8) is 0 Å². The molecule has 1 saturated heterocycles. The molecule has 3 heteroatoms. The number of rotatable bonds is 4. The molecule has 0 aromatic heterocycles. The van der Waals surface area contributed by atoms with E-state index >= 15 is 0 Å². The van der Waals surface area contributed by atoms with Crippen molar-refractivity contribution in [3.05, 3.63) is 70.3 Å². The van der Waals surface area contributed by atoms with E-state index < -0.39 is 5.97 Å². The maximum Gasteiger partial charge on any atom is 0.306 e. The van der Waals surface area contributed by atoms with Crippen LogP contribution >= 0.6 is 0 Å². The highest BCUT2D eigenvalue weighted by atomic mass is 16.4. The zero-order chi connectivity index (χ0) is 18.0. The lowest BCUT2D eigenvalue weighted by atomic mass is 9.89. The summed E-state index contributed by atoms with van der Waals surface area (Å²) in [6.45, 7) is 8.05. The summed E-state index contributed by atoms with van der Waals surface area (Å²) >= 11 is 0. The molecular formula is C22H27NO2. The molecule has 0 aliphatic carbocycles. The first-order valence-corrected chi connectivity index (χ1v) is 9.06. The Hall–Kier alpha value is -2.13. The second-order valence-corrected chi connectivity index (χ2v) is 7.32. The Balaban J connectivity index is 1.95. The molecule has 1 unspecified atom stereocenters. The summed E-state index contributed by atoms with van der Waals surface area (Å²) in [7, 11) is 0. The predicted molar refractivity (Wildman–Crippen MR) is 101 cm³/mol. The third-order valence-corrected chi connectivity index (χ3v) is 5.36. The zero-order valence-corrected chi connectivity index (χ0v) is 15.3. The Morgan fingerprint density at radius 1 is 1.00 bits per heavy atom.